The van der Waals surface area contributed by atoms with Crippen LogP contribution in [0.1, 0.15) is 33.1 Å². The number of nitrogens with one attached hydrogen (secondary N) is 1. The molecule has 0 aromatic heterocycles. The normalized spacial score (nSPS) is 15.2. The van der Waals surface area contributed by atoms with Crippen molar-refractivity contribution >= 4 is 5.97 Å². The lowest BCUT2D eigenvalue weighted by atomic mass is 9.95. The second kappa shape index (κ2) is 8.46. The summed E-state index contributed by atoms with van der Waals surface area (Å²) in [6.07, 6.45) is -2.42. The molecule has 0 aromatic rings. The molecule has 0 bridgehead atoms. The lowest BCUT2D eigenvalue weighted by Gasteiger charge is -2.29. The van der Waals surface area contributed by atoms with Gasteiger partial charge >= 0.3 is 12.1 Å². The fraction of sp³-hybridized carbons (Fsp3) is 0.923. The smallest absolute Gasteiger partial charge is 0.401 e. The highest BCUT2D eigenvalue weighted by Crippen LogP contribution is 2.18. The monoisotopic (exact) mass is 298 g/mol. The number of carbonyl (C=O) groups is 1. The van der Waals surface area contributed by atoms with E-state index in [4.69, 9.17) is 4.74 Å². The second-order valence-corrected chi connectivity index (χ2v) is 5.21. The molecule has 0 fully saturated rings. The van der Waals surface area contributed by atoms with Crippen LogP contribution in [0.25, 0.3) is 0 Å². The Bertz CT molecular complexity index is 298. The molecule has 0 rings (SSSR count). The summed E-state index contributed by atoms with van der Waals surface area (Å²) in [5.41, 5.74) is -0.843. The highest BCUT2D eigenvalue weighted by molar-refractivity contribution is 5.80. The third-order valence-corrected chi connectivity index (χ3v) is 3.07. The molecule has 0 aliphatic carbocycles. The summed E-state index contributed by atoms with van der Waals surface area (Å²) in [5.74, 6) is -0.385. The number of methoxy groups -OCH3 is 1. The first-order chi connectivity index (χ1) is 9.14. The maximum atomic E-state index is 12.2. The molecule has 20 heavy (non-hydrogen) atoms. The van der Waals surface area contributed by atoms with Gasteiger partial charge in [-0.1, -0.05) is 6.92 Å². The molecule has 1 atom stereocenters. The first-order valence-corrected chi connectivity index (χ1v) is 6.73. The van der Waals surface area contributed by atoms with E-state index >= 15 is 0 Å². The van der Waals surface area contributed by atoms with Crippen molar-refractivity contribution in [2.24, 2.45) is 0 Å². The van der Waals surface area contributed by atoms with E-state index in [0.29, 0.717) is 19.4 Å². The van der Waals surface area contributed by atoms with Crippen LogP contribution in [0.5, 0.6) is 0 Å². The van der Waals surface area contributed by atoms with Crippen molar-refractivity contribution in [3.05, 3.63) is 0 Å². The van der Waals surface area contributed by atoms with E-state index in [1.807, 2.05) is 6.92 Å². The highest BCUT2D eigenvalue weighted by atomic mass is 19.4. The van der Waals surface area contributed by atoms with Crippen LogP contribution >= 0.6 is 0 Å². The van der Waals surface area contributed by atoms with Crippen LogP contribution < -0.4 is 5.32 Å². The minimum Gasteiger partial charge on any atom is -0.468 e. The quantitative estimate of drug-likeness (QED) is 0.663. The third-order valence-electron chi connectivity index (χ3n) is 3.07. The van der Waals surface area contributed by atoms with Gasteiger partial charge in [0.2, 0.25) is 0 Å². The van der Waals surface area contributed by atoms with Crippen LogP contribution in [0, 0.1) is 0 Å². The van der Waals surface area contributed by atoms with Crippen LogP contribution in [0.4, 0.5) is 13.2 Å². The fourth-order valence-corrected chi connectivity index (χ4v) is 1.98. The van der Waals surface area contributed by atoms with Gasteiger partial charge in [0.1, 0.15) is 5.54 Å². The molecule has 0 saturated heterocycles. The Morgan fingerprint density at radius 1 is 1.35 bits per heavy atom. The van der Waals surface area contributed by atoms with E-state index in [-0.39, 0.29) is 12.5 Å². The summed E-state index contributed by atoms with van der Waals surface area (Å²) in [6.45, 7) is 3.69. The van der Waals surface area contributed by atoms with Crippen LogP contribution in [0.15, 0.2) is 0 Å². The van der Waals surface area contributed by atoms with Crippen molar-refractivity contribution in [1.29, 1.82) is 0 Å². The van der Waals surface area contributed by atoms with Gasteiger partial charge in [0.05, 0.1) is 13.7 Å². The predicted octanol–water partition coefficient (Wildman–Crippen LogP) is 2.19. The predicted molar refractivity (Wildman–Crippen MR) is 71.5 cm³/mol. The zero-order chi connectivity index (χ0) is 15.8. The van der Waals surface area contributed by atoms with Crippen molar-refractivity contribution in [2.75, 3.05) is 33.8 Å². The van der Waals surface area contributed by atoms with E-state index < -0.39 is 18.3 Å². The fourth-order valence-electron chi connectivity index (χ4n) is 1.98. The lowest BCUT2D eigenvalue weighted by Crippen LogP contribution is -2.50. The van der Waals surface area contributed by atoms with Crippen molar-refractivity contribution in [1.82, 2.24) is 10.2 Å². The Morgan fingerprint density at radius 3 is 2.40 bits per heavy atom. The summed E-state index contributed by atoms with van der Waals surface area (Å²) >= 11 is 0. The van der Waals surface area contributed by atoms with Crippen LogP contribution in [0.2, 0.25) is 0 Å². The summed E-state index contributed by atoms with van der Waals surface area (Å²) in [6, 6.07) is 0. The number of hydrogen-bond donors (Lipinski definition) is 1. The van der Waals surface area contributed by atoms with Gasteiger partial charge in [0, 0.05) is 0 Å². The van der Waals surface area contributed by atoms with Crippen molar-refractivity contribution in [3.63, 3.8) is 0 Å². The largest absolute Gasteiger partial charge is 0.468 e. The van der Waals surface area contributed by atoms with Gasteiger partial charge < -0.3 is 10.1 Å². The number of halogens is 3. The van der Waals surface area contributed by atoms with Gasteiger partial charge in [0.15, 0.2) is 0 Å². The van der Waals surface area contributed by atoms with Gasteiger partial charge in [-0.3, -0.25) is 9.69 Å². The third kappa shape index (κ3) is 7.69. The average molecular weight is 298 g/mol. The van der Waals surface area contributed by atoms with Crippen molar-refractivity contribution in [2.45, 2.75) is 44.8 Å². The molecule has 0 spiro atoms. The van der Waals surface area contributed by atoms with E-state index in [1.165, 1.54) is 19.1 Å². The molecule has 0 aromatic carbocycles. The molecule has 0 amide bonds. The lowest BCUT2D eigenvalue weighted by molar-refractivity contribution is -0.149. The van der Waals surface area contributed by atoms with Crippen molar-refractivity contribution < 1.29 is 22.7 Å². The molecule has 1 N–H and O–H groups in total. The van der Waals surface area contributed by atoms with Gasteiger partial charge in [-0.25, -0.2) is 0 Å². The minimum absolute atomic E-state index is 0.278. The second-order valence-electron chi connectivity index (χ2n) is 5.21. The molecular formula is C13H25F3N2O2. The number of ether oxygens (including phenoxy) is 1. The Morgan fingerprint density at radius 2 is 1.95 bits per heavy atom. The molecule has 1 unspecified atom stereocenters. The average Bonchev–Trinajstić information content (AvgIpc) is 2.33. The summed E-state index contributed by atoms with van der Waals surface area (Å²) in [5, 5.41) is 3.10. The number of alkyl halides is 3. The maximum absolute atomic E-state index is 12.2. The van der Waals surface area contributed by atoms with E-state index in [0.717, 1.165) is 6.42 Å². The number of rotatable bonds is 9. The summed E-state index contributed by atoms with van der Waals surface area (Å²) in [4.78, 5) is 13.0. The van der Waals surface area contributed by atoms with Gasteiger partial charge in [0.25, 0.3) is 0 Å². The molecule has 0 aliphatic heterocycles. The zero-order valence-electron chi connectivity index (χ0n) is 12.6. The SMILES string of the molecule is CCCNC(C)(CCCN(C)CC(F)(F)F)C(=O)OC. The molecule has 4 nitrogen and oxygen atoms in total. The van der Waals surface area contributed by atoms with E-state index in [1.54, 1.807) is 6.92 Å². The van der Waals surface area contributed by atoms with Crippen LogP contribution in [0.3, 0.4) is 0 Å². The number of nitrogens with zero attached hydrogens (tertiary/aromatic N) is 1. The Labute approximate surface area is 118 Å². The van der Waals surface area contributed by atoms with Crippen LogP contribution in [-0.2, 0) is 9.53 Å². The number of hydrogen-bond acceptors (Lipinski definition) is 4. The Balaban J connectivity index is 4.30. The molecule has 0 radical (unpaired) electrons. The van der Waals surface area contributed by atoms with E-state index in [9.17, 15) is 18.0 Å². The number of esters is 1. The first kappa shape index (κ1) is 19.2. The van der Waals surface area contributed by atoms with E-state index in [2.05, 4.69) is 5.32 Å². The molecule has 0 heterocycles. The molecule has 0 saturated carbocycles. The zero-order valence-corrected chi connectivity index (χ0v) is 12.6. The maximum Gasteiger partial charge on any atom is 0.401 e. The summed E-state index contributed by atoms with van der Waals surface area (Å²) < 4.78 is 41.3. The van der Waals surface area contributed by atoms with Gasteiger partial charge in [-0.15, -0.1) is 0 Å². The highest BCUT2D eigenvalue weighted by Gasteiger charge is 2.33. The van der Waals surface area contributed by atoms with Gasteiger partial charge in [-0.05, 0) is 46.3 Å². The Kier molecular flexibility index (Phi) is 8.12. The standard InChI is InChI=1S/C13H25F3N2O2/c1-5-8-17-12(2,11(19)20-4)7-6-9-18(3)10-13(14,15)16/h17H,5-10H2,1-4H3. The van der Waals surface area contributed by atoms with Crippen molar-refractivity contribution in [3.8, 4) is 0 Å². The summed E-state index contributed by atoms with van der Waals surface area (Å²) in [7, 11) is 2.73. The van der Waals surface area contributed by atoms with Crippen LogP contribution in [-0.4, -0.2) is 56.4 Å². The minimum atomic E-state index is -4.19. The molecule has 0 aliphatic rings. The van der Waals surface area contributed by atoms with Gasteiger partial charge in [-0.2, -0.15) is 13.2 Å². The number of carbonyl (C=O) groups excluding carboxylic acids is 1. The Hall–Kier alpha value is -0.820. The molecular weight excluding hydrogens is 273 g/mol. The molecule has 120 valence electrons. The molecule has 7 heteroatoms. The first-order valence-electron chi connectivity index (χ1n) is 6.73. The topological polar surface area (TPSA) is 41.6 Å².